The number of allylic oxidation sites excluding steroid dienone is 2. The summed E-state index contributed by atoms with van der Waals surface area (Å²) in [7, 11) is 0. The molecule has 2 aromatic carbocycles. The van der Waals surface area contributed by atoms with Gasteiger partial charge in [-0.3, -0.25) is 0 Å². The van der Waals surface area contributed by atoms with Crippen molar-refractivity contribution in [2.75, 3.05) is 0 Å². The molecular weight excluding hydrogens is 847 g/mol. The van der Waals surface area contributed by atoms with Gasteiger partial charge >= 0.3 is 40.8 Å². The summed E-state index contributed by atoms with van der Waals surface area (Å²) in [6.07, 6.45) is 25.7. The zero-order valence-corrected chi connectivity index (χ0v) is 38.6. The molecular formula is C46H72Br2N2Pd. The van der Waals surface area contributed by atoms with E-state index in [1.54, 1.807) is 15.8 Å². The van der Waals surface area contributed by atoms with Crippen molar-refractivity contribution in [3.63, 3.8) is 0 Å². The summed E-state index contributed by atoms with van der Waals surface area (Å²) in [6, 6.07) is 9.93. The van der Waals surface area contributed by atoms with E-state index < -0.39 is 0 Å². The Labute approximate surface area is 336 Å². The van der Waals surface area contributed by atoms with Crippen molar-refractivity contribution in [1.29, 1.82) is 0 Å². The van der Waals surface area contributed by atoms with E-state index in [2.05, 4.69) is 107 Å². The van der Waals surface area contributed by atoms with Gasteiger partial charge in [-0.1, -0.05) is 120 Å². The number of unbranched alkanes of at least 4 members (excludes halogenated alkanes) is 6. The molecule has 2 aromatic rings. The van der Waals surface area contributed by atoms with Gasteiger partial charge in [0.1, 0.15) is 0 Å². The Morgan fingerprint density at radius 2 is 0.725 bits per heavy atom. The van der Waals surface area contributed by atoms with Crippen LogP contribution in [0.25, 0.3) is 16.9 Å². The molecule has 0 bridgehead atoms. The van der Waals surface area contributed by atoms with E-state index >= 15 is 0 Å². The summed E-state index contributed by atoms with van der Waals surface area (Å²) in [5.41, 5.74) is 29.2. The number of halogens is 2. The number of nitrogens with zero attached hydrogens (tertiary/aromatic N) is 2. The predicted molar refractivity (Wildman–Crippen MR) is 230 cm³/mol. The maximum atomic E-state index is 12.6. The number of hydrogen-bond acceptors (Lipinski definition) is 0. The van der Waals surface area contributed by atoms with Crippen molar-refractivity contribution < 1.29 is 18.6 Å². The third-order valence-corrected chi connectivity index (χ3v) is 10.5. The van der Waals surface area contributed by atoms with Gasteiger partial charge in [0.15, 0.2) is 0 Å². The molecule has 0 radical (unpaired) electrons. The Kier molecular flexibility index (Phi) is 24.4. The second kappa shape index (κ2) is 26.8. The molecule has 3 rings (SSSR count). The fourth-order valence-corrected chi connectivity index (χ4v) is 8.08. The fourth-order valence-electron chi connectivity index (χ4n) is 8.08. The van der Waals surface area contributed by atoms with Crippen LogP contribution in [0.1, 0.15) is 203 Å². The van der Waals surface area contributed by atoms with E-state index in [1.165, 1.54) is 95.9 Å². The topological polar surface area (TPSA) is 25.3 Å². The van der Waals surface area contributed by atoms with E-state index in [-0.39, 0.29) is 0 Å². The zero-order chi connectivity index (χ0) is 37.6. The molecule has 290 valence electrons. The summed E-state index contributed by atoms with van der Waals surface area (Å²) < 4.78 is 1.67. The third kappa shape index (κ3) is 13.7. The van der Waals surface area contributed by atoms with Crippen LogP contribution < -0.4 is 0 Å². The molecule has 0 saturated heterocycles. The Bertz CT molecular complexity index is 1250. The third-order valence-electron chi connectivity index (χ3n) is 10.5. The van der Waals surface area contributed by atoms with Crippen LogP contribution in [0.5, 0.6) is 0 Å². The second-order valence-electron chi connectivity index (χ2n) is 14.7. The molecule has 0 N–H and O–H groups in total. The summed E-state index contributed by atoms with van der Waals surface area (Å²) in [6.45, 7) is 18.5. The SMILES string of the molecule is CCCCCc1c(CCC)cc(C2=C(CCCC)C(CCCC)=C(c3cc(CCC)c(CCCCC)c(CCC)c3)[N+]2=[N-])cc1CCC.[Br][Pd][Br]. The van der Waals surface area contributed by atoms with Gasteiger partial charge in [0, 0.05) is 22.3 Å². The Morgan fingerprint density at radius 3 is 0.980 bits per heavy atom. The van der Waals surface area contributed by atoms with Crippen LogP contribution in [-0.4, -0.2) is 4.70 Å². The molecule has 0 amide bonds. The molecule has 1 heterocycles. The molecule has 5 heteroatoms. The predicted octanol–water partition coefficient (Wildman–Crippen LogP) is 16.2. The summed E-state index contributed by atoms with van der Waals surface area (Å²) >= 11 is 6.80. The van der Waals surface area contributed by atoms with Crippen LogP contribution in [0.2, 0.25) is 0 Å². The minimum atomic E-state index is 0.575. The zero-order valence-electron chi connectivity index (χ0n) is 33.8. The molecule has 1 aliphatic rings. The molecule has 0 unspecified atom stereocenters. The van der Waals surface area contributed by atoms with E-state index in [4.69, 9.17) is 0 Å². The van der Waals surface area contributed by atoms with Crippen molar-refractivity contribution in [3.05, 3.63) is 85.5 Å². The van der Waals surface area contributed by atoms with Gasteiger partial charge in [-0.15, -0.1) is 0 Å². The summed E-state index contributed by atoms with van der Waals surface area (Å²) in [4.78, 5) is 0. The van der Waals surface area contributed by atoms with Crippen molar-refractivity contribution >= 4 is 38.3 Å². The quantitative estimate of drug-likeness (QED) is 0.0570. The molecule has 0 atom stereocenters. The van der Waals surface area contributed by atoms with Crippen molar-refractivity contribution in [1.82, 2.24) is 0 Å². The van der Waals surface area contributed by atoms with Crippen molar-refractivity contribution in [2.24, 2.45) is 0 Å². The van der Waals surface area contributed by atoms with E-state index in [9.17, 15) is 5.53 Å². The van der Waals surface area contributed by atoms with Gasteiger partial charge in [0.25, 0.3) is 0 Å². The van der Waals surface area contributed by atoms with Crippen LogP contribution in [0.3, 0.4) is 0 Å². The molecule has 0 aromatic heterocycles. The van der Waals surface area contributed by atoms with Gasteiger partial charge < -0.3 is 5.53 Å². The van der Waals surface area contributed by atoms with Crippen LogP contribution in [0.15, 0.2) is 35.4 Å². The van der Waals surface area contributed by atoms with Crippen molar-refractivity contribution in [2.45, 2.75) is 197 Å². The first-order chi connectivity index (χ1) is 24.8. The number of benzene rings is 2. The number of rotatable bonds is 24. The van der Waals surface area contributed by atoms with E-state index in [0.717, 1.165) is 101 Å². The van der Waals surface area contributed by atoms with Crippen LogP contribution in [-0.2, 0) is 52.5 Å². The number of hydrogen-bond donors (Lipinski definition) is 0. The Balaban J connectivity index is 0.00000290. The fraction of sp³-hybridized carbons (Fsp3) is 0.652. The molecule has 1 aliphatic heterocycles. The van der Waals surface area contributed by atoms with Gasteiger partial charge in [-0.2, -0.15) is 0 Å². The average molecular weight is 919 g/mol. The summed E-state index contributed by atoms with van der Waals surface area (Å²) in [5, 5.41) is 0. The van der Waals surface area contributed by atoms with Gasteiger partial charge in [0.2, 0.25) is 11.4 Å². The standard InChI is InChI=1S/C46H72N2.2BrH.Pd/c1-9-17-21-29-41-35(23-13-5)31-39(32-36(41)24-14-6)45-43(27-19-11-3)44(28-20-12-4)46(48(45)47)40-33-37(25-15-7)42(30-22-18-10-2)38(34-40)26-16-8;;;/h31-34H,9-30H2,1-8H3;2*1H;/q;;;+2/p-2. The normalized spacial score (nSPS) is 13.1. The minimum absolute atomic E-state index is 0.575. The maximum absolute atomic E-state index is 12.6. The Hall–Kier alpha value is -0.858. The first kappa shape index (κ1) is 46.3. The van der Waals surface area contributed by atoms with Crippen molar-refractivity contribution in [3.8, 4) is 0 Å². The van der Waals surface area contributed by atoms with Crippen LogP contribution >= 0.6 is 26.9 Å². The molecule has 0 fully saturated rings. The first-order valence-electron chi connectivity index (χ1n) is 20.9. The second-order valence-corrected chi connectivity index (χ2v) is 21.8. The monoisotopic (exact) mass is 916 g/mol. The average Bonchev–Trinajstić information content (AvgIpc) is 3.39. The first-order valence-corrected chi connectivity index (χ1v) is 28.0. The van der Waals surface area contributed by atoms with Crippen LogP contribution in [0, 0.1) is 0 Å². The Morgan fingerprint density at radius 1 is 0.431 bits per heavy atom. The van der Waals surface area contributed by atoms with E-state index in [1.807, 2.05) is 0 Å². The number of aryl methyl sites for hydroxylation is 4. The molecule has 51 heavy (non-hydrogen) atoms. The van der Waals surface area contributed by atoms with Gasteiger partial charge in [-0.25, -0.2) is 4.70 Å². The van der Waals surface area contributed by atoms with Gasteiger partial charge in [-0.05, 0) is 135 Å². The molecule has 2 nitrogen and oxygen atoms in total. The summed E-state index contributed by atoms with van der Waals surface area (Å²) in [5.74, 6) is 0. The van der Waals surface area contributed by atoms with E-state index in [0.29, 0.717) is 13.9 Å². The molecule has 0 spiro atoms. The van der Waals surface area contributed by atoms with Crippen LogP contribution in [0.4, 0.5) is 0 Å². The molecule has 0 saturated carbocycles. The molecule has 0 aliphatic carbocycles. The van der Waals surface area contributed by atoms with Gasteiger partial charge in [0.05, 0.1) is 0 Å².